The lowest BCUT2D eigenvalue weighted by molar-refractivity contribution is -1.16. The number of hydrogen-bond donors (Lipinski definition) is 6. The van der Waals surface area contributed by atoms with Gasteiger partial charge in [0.2, 0.25) is 11.8 Å². The van der Waals surface area contributed by atoms with E-state index in [0.717, 1.165) is 25.7 Å². The molecule has 2 heterocycles. The SMILES string of the molecule is CC(=O)NC1CC(C)(C)[NH+](O)C(C)(C)C1.CC(=O)NC1CC(C)(C)[NH+](O)C(C)(C)C1.O=C([O-])C(=O)[O-]. The molecule has 36 heavy (non-hydrogen) atoms. The zero-order chi connectivity index (χ0) is 28.9. The largest absolute Gasteiger partial charge is 0.543 e. The third-order valence-electron chi connectivity index (χ3n) is 6.57. The molecule has 6 N–H and O–H groups in total. The summed E-state index contributed by atoms with van der Waals surface area (Å²) in [4.78, 5) is 39.9. The summed E-state index contributed by atoms with van der Waals surface area (Å²) >= 11 is 0. The van der Waals surface area contributed by atoms with Crippen LogP contribution >= 0.6 is 0 Å². The van der Waals surface area contributed by atoms with Gasteiger partial charge in [-0.15, -0.1) is 0 Å². The summed E-state index contributed by atoms with van der Waals surface area (Å²) in [6.45, 7) is 19.3. The topological polar surface area (TPSA) is 188 Å². The number of hydrogen-bond acceptors (Lipinski definition) is 8. The molecule has 0 radical (unpaired) electrons. The Hall–Kier alpha value is -2.28. The van der Waals surface area contributed by atoms with Gasteiger partial charge in [-0.05, 0) is 55.4 Å². The number of quaternary nitrogens is 2. The zero-order valence-corrected chi connectivity index (χ0v) is 23.3. The molecule has 2 fully saturated rings. The molecule has 2 saturated heterocycles. The van der Waals surface area contributed by atoms with Gasteiger partial charge >= 0.3 is 0 Å². The molecule has 0 spiro atoms. The number of amides is 2. The predicted molar refractivity (Wildman–Crippen MR) is 126 cm³/mol. The Bertz CT molecular complexity index is 708. The molecule has 210 valence electrons. The molecule has 0 aliphatic carbocycles. The predicted octanol–water partition coefficient (Wildman–Crippen LogP) is -3.28. The van der Waals surface area contributed by atoms with E-state index in [2.05, 4.69) is 10.6 Å². The van der Waals surface area contributed by atoms with E-state index in [-0.39, 0.29) is 46.1 Å². The molecule has 0 unspecified atom stereocenters. The van der Waals surface area contributed by atoms with Crippen molar-refractivity contribution in [3.05, 3.63) is 0 Å². The van der Waals surface area contributed by atoms with Gasteiger partial charge in [-0.3, -0.25) is 9.59 Å². The maximum atomic E-state index is 11.0. The van der Waals surface area contributed by atoms with Crippen molar-refractivity contribution in [3.8, 4) is 0 Å². The Morgan fingerprint density at radius 2 is 0.806 bits per heavy atom. The first-order valence-electron chi connectivity index (χ1n) is 12.0. The van der Waals surface area contributed by atoms with E-state index in [4.69, 9.17) is 19.8 Å². The summed E-state index contributed by atoms with van der Waals surface area (Å²) < 4.78 is 0. The lowest BCUT2D eigenvalue weighted by Crippen LogP contribution is -3.25. The van der Waals surface area contributed by atoms with Crippen molar-refractivity contribution < 1.29 is 49.9 Å². The van der Waals surface area contributed by atoms with Gasteiger partial charge in [0, 0.05) is 51.6 Å². The number of carboxylic acid groups (broad SMARTS) is 2. The number of aliphatic carboxylic acids is 2. The van der Waals surface area contributed by atoms with E-state index >= 15 is 0 Å². The van der Waals surface area contributed by atoms with Crippen LogP contribution < -0.4 is 31.0 Å². The third kappa shape index (κ3) is 10.4. The van der Waals surface area contributed by atoms with Crippen LogP contribution in [0.3, 0.4) is 0 Å². The van der Waals surface area contributed by atoms with Gasteiger partial charge in [-0.25, -0.2) is 10.4 Å². The van der Waals surface area contributed by atoms with Crippen LogP contribution in [-0.2, 0) is 19.2 Å². The van der Waals surface area contributed by atoms with E-state index in [0.29, 0.717) is 10.1 Å². The van der Waals surface area contributed by atoms with E-state index in [1.54, 1.807) is 0 Å². The number of piperidine rings is 2. The van der Waals surface area contributed by atoms with Crippen LogP contribution in [0.5, 0.6) is 0 Å². The number of nitrogens with one attached hydrogen (secondary N) is 4. The molecule has 0 aromatic heterocycles. The Morgan fingerprint density at radius 3 is 0.944 bits per heavy atom. The average molecular weight is 519 g/mol. The van der Waals surface area contributed by atoms with Crippen molar-refractivity contribution in [2.75, 3.05) is 0 Å². The van der Waals surface area contributed by atoms with Crippen molar-refractivity contribution >= 4 is 23.8 Å². The fourth-order valence-electron chi connectivity index (χ4n) is 5.61. The van der Waals surface area contributed by atoms with Gasteiger partial charge in [0.15, 0.2) is 0 Å². The Balaban J connectivity index is 0.000000558. The van der Waals surface area contributed by atoms with Gasteiger partial charge in [-0.1, -0.05) is 0 Å². The van der Waals surface area contributed by atoms with Crippen molar-refractivity contribution in [1.82, 2.24) is 10.6 Å². The van der Waals surface area contributed by atoms with Crippen molar-refractivity contribution in [1.29, 1.82) is 0 Å². The maximum absolute atomic E-state index is 11.0. The van der Waals surface area contributed by atoms with Crippen molar-refractivity contribution in [2.45, 2.75) is 129 Å². The molecule has 0 bridgehead atoms. The lowest BCUT2D eigenvalue weighted by Gasteiger charge is -2.47. The van der Waals surface area contributed by atoms with E-state index in [1.807, 2.05) is 55.4 Å². The number of carboxylic acids is 2. The minimum Gasteiger partial charge on any atom is -0.543 e. The third-order valence-corrected chi connectivity index (χ3v) is 6.57. The first-order valence-corrected chi connectivity index (χ1v) is 12.0. The minimum absolute atomic E-state index is 0.00740. The van der Waals surface area contributed by atoms with Crippen LogP contribution in [0, 0.1) is 0 Å². The van der Waals surface area contributed by atoms with Gasteiger partial charge in [0.25, 0.3) is 0 Å². The molecular formula is C24H46N4O8. The highest BCUT2D eigenvalue weighted by molar-refractivity contribution is 6.25. The van der Waals surface area contributed by atoms with Gasteiger partial charge in [-0.2, -0.15) is 10.1 Å². The lowest BCUT2D eigenvalue weighted by atomic mass is 9.79. The molecule has 12 heteroatoms. The van der Waals surface area contributed by atoms with E-state index in [1.165, 1.54) is 13.8 Å². The van der Waals surface area contributed by atoms with Gasteiger partial charge < -0.3 is 30.4 Å². The standard InChI is InChI=1S/2C11H22N2O2.C2H2O4/c2*1-8(14)12-9-6-10(2,3)13(15)11(4,5)7-9;3-1(4)2(5)6/h2*9,15H,6-7H2,1-5H3,(H,12,14);(H,3,4)(H,5,6). The second-order valence-corrected chi connectivity index (χ2v) is 12.4. The second kappa shape index (κ2) is 12.3. The smallest absolute Gasteiger partial charge is 0.217 e. The number of carbonyl (C=O) groups excluding carboxylic acids is 4. The van der Waals surface area contributed by atoms with Gasteiger partial charge in [0.1, 0.15) is 22.2 Å². The highest BCUT2D eigenvalue weighted by Gasteiger charge is 2.50. The normalized spacial score (nSPS) is 29.1. The van der Waals surface area contributed by atoms with Crippen LogP contribution in [-0.4, -0.2) is 68.4 Å². The molecule has 2 amide bonds. The number of rotatable bonds is 2. The second-order valence-electron chi connectivity index (χ2n) is 12.4. The average Bonchev–Trinajstić information content (AvgIpc) is 2.63. The number of carbonyl (C=O) groups is 4. The van der Waals surface area contributed by atoms with Crippen LogP contribution in [0.15, 0.2) is 0 Å². The summed E-state index contributed by atoms with van der Waals surface area (Å²) in [5, 5.41) is 45.1. The molecule has 0 aromatic carbocycles. The fourth-order valence-corrected chi connectivity index (χ4v) is 5.61. The highest BCUT2D eigenvalue weighted by atomic mass is 16.5. The molecule has 2 rings (SSSR count). The Labute approximate surface area is 213 Å². The van der Waals surface area contributed by atoms with Crippen molar-refractivity contribution in [2.24, 2.45) is 0 Å². The molecule has 2 aliphatic heterocycles. The summed E-state index contributed by atoms with van der Waals surface area (Å²) in [6.07, 6.45) is 3.23. The molecule has 12 nitrogen and oxygen atoms in total. The summed E-state index contributed by atoms with van der Waals surface area (Å²) in [5.74, 6) is -4.36. The highest BCUT2D eigenvalue weighted by Crippen LogP contribution is 2.24. The fraction of sp³-hybridized carbons (Fsp3) is 0.833. The van der Waals surface area contributed by atoms with Gasteiger partial charge in [0.05, 0.1) is 11.9 Å². The Kier molecular flexibility index (Phi) is 11.5. The molecular weight excluding hydrogens is 472 g/mol. The summed E-state index contributed by atoms with van der Waals surface area (Å²) in [7, 11) is 0. The first kappa shape index (κ1) is 33.7. The zero-order valence-electron chi connectivity index (χ0n) is 23.3. The summed E-state index contributed by atoms with van der Waals surface area (Å²) in [5.41, 5.74) is -0.854. The minimum atomic E-state index is -2.19. The molecule has 2 aliphatic rings. The molecule has 0 saturated carbocycles. The summed E-state index contributed by atoms with van der Waals surface area (Å²) in [6, 6.07) is 0.340. The number of hydroxylamine groups is 4. The van der Waals surface area contributed by atoms with E-state index in [9.17, 15) is 20.0 Å². The maximum Gasteiger partial charge on any atom is 0.217 e. The molecule has 0 atom stereocenters. The quantitative estimate of drug-likeness (QED) is 0.205. The van der Waals surface area contributed by atoms with Crippen molar-refractivity contribution in [3.63, 3.8) is 0 Å². The van der Waals surface area contributed by atoms with Crippen LogP contribution in [0.25, 0.3) is 0 Å². The Morgan fingerprint density at radius 1 is 0.611 bits per heavy atom. The molecule has 0 aromatic rings. The van der Waals surface area contributed by atoms with Crippen LogP contribution in [0.1, 0.15) is 94.9 Å². The first-order chi connectivity index (χ1) is 15.9. The van der Waals surface area contributed by atoms with Crippen LogP contribution in [0.2, 0.25) is 0 Å². The monoisotopic (exact) mass is 518 g/mol. The van der Waals surface area contributed by atoms with E-state index < -0.39 is 11.9 Å². The van der Waals surface area contributed by atoms with Crippen LogP contribution in [0.4, 0.5) is 0 Å².